The van der Waals surface area contributed by atoms with Crippen molar-refractivity contribution in [2.45, 2.75) is 27.2 Å². The summed E-state index contributed by atoms with van der Waals surface area (Å²) in [6, 6.07) is 7.75. The average molecular weight is 291 g/mol. The van der Waals surface area contributed by atoms with E-state index in [4.69, 9.17) is 15.4 Å². The Hall–Kier alpha value is -0.740. The van der Waals surface area contributed by atoms with Crippen molar-refractivity contribution in [2.24, 2.45) is 5.41 Å². The van der Waals surface area contributed by atoms with Gasteiger partial charge in [-0.05, 0) is 18.1 Å². The molecule has 1 aromatic rings. The molecule has 0 fully saturated rings. The van der Waals surface area contributed by atoms with Gasteiger partial charge in [0.2, 0.25) is 9.05 Å². The summed E-state index contributed by atoms with van der Waals surface area (Å²) in [6.45, 7) is 6.01. The molecular weight excluding hydrogens is 272 g/mol. The molecule has 5 heteroatoms. The van der Waals surface area contributed by atoms with Gasteiger partial charge < -0.3 is 4.74 Å². The van der Waals surface area contributed by atoms with Crippen LogP contribution in [0.15, 0.2) is 24.3 Å². The number of halogens is 1. The first-order valence-corrected chi connectivity index (χ1v) is 8.34. The van der Waals surface area contributed by atoms with Crippen molar-refractivity contribution in [2.75, 3.05) is 12.4 Å². The number of hydrogen-bond acceptors (Lipinski definition) is 3. The molecule has 0 heterocycles. The van der Waals surface area contributed by atoms with Crippen LogP contribution in [0.4, 0.5) is 0 Å². The third kappa shape index (κ3) is 5.27. The molecular formula is C13H19ClO3S. The van der Waals surface area contributed by atoms with E-state index in [1.165, 1.54) is 0 Å². The lowest BCUT2D eigenvalue weighted by Crippen LogP contribution is -2.28. The number of benzene rings is 1. The molecule has 0 aliphatic rings. The molecule has 102 valence electrons. The summed E-state index contributed by atoms with van der Waals surface area (Å²) in [4.78, 5) is 0. The zero-order valence-electron chi connectivity index (χ0n) is 10.9. The topological polar surface area (TPSA) is 43.4 Å². The number of hydrogen-bond donors (Lipinski definition) is 0. The first-order valence-electron chi connectivity index (χ1n) is 5.86. The second kappa shape index (κ2) is 5.93. The minimum atomic E-state index is -3.51. The molecule has 0 saturated carbocycles. The van der Waals surface area contributed by atoms with Crippen LogP contribution >= 0.6 is 10.7 Å². The van der Waals surface area contributed by atoms with Crippen LogP contribution in [-0.4, -0.2) is 20.8 Å². The van der Waals surface area contributed by atoms with Gasteiger partial charge >= 0.3 is 0 Å². The Kier molecular flexibility index (Phi) is 5.05. The fourth-order valence-corrected chi connectivity index (χ4v) is 3.62. The molecule has 0 spiro atoms. The lowest BCUT2D eigenvalue weighted by Gasteiger charge is -2.23. The third-order valence-electron chi connectivity index (χ3n) is 2.54. The van der Waals surface area contributed by atoms with Crippen molar-refractivity contribution in [3.8, 4) is 5.75 Å². The maximum absolute atomic E-state index is 11.1. The van der Waals surface area contributed by atoms with Crippen LogP contribution in [0.3, 0.4) is 0 Å². The van der Waals surface area contributed by atoms with Crippen LogP contribution in [0.25, 0.3) is 0 Å². The predicted octanol–water partition coefficient (Wildman–Crippen LogP) is 3.22. The Balaban J connectivity index is 2.70. The van der Waals surface area contributed by atoms with Crippen molar-refractivity contribution in [1.82, 2.24) is 0 Å². The van der Waals surface area contributed by atoms with Crippen molar-refractivity contribution in [3.05, 3.63) is 29.8 Å². The smallest absolute Gasteiger partial charge is 0.233 e. The van der Waals surface area contributed by atoms with Crippen molar-refractivity contribution >= 4 is 19.7 Å². The highest BCUT2D eigenvalue weighted by atomic mass is 35.7. The molecule has 1 rings (SSSR count). The fraction of sp³-hybridized carbons (Fsp3) is 0.538. The van der Waals surface area contributed by atoms with E-state index >= 15 is 0 Å². The molecule has 3 nitrogen and oxygen atoms in total. The minimum absolute atomic E-state index is 0.101. The zero-order valence-corrected chi connectivity index (χ0v) is 12.5. The van der Waals surface area contributed by atoms with Gasteiger partial charge in [0.15, 0.2) is 0 Å². The third-order valence-corrected chi connectivity index (χ3v) is 3.99. The van der Waals surface area contributed by atoms with E-state index in [1.54, 1.807) is 0 Å². The molecule has 0 unspecified atom stereocenters. The van der Waals surface area contributed by atoms with E-state index in [2.05, 4.69) is 6.92 Å². The standard InChI is InChI=1S/C13H19ClO3S/c1-4-11-7-5-6-8-12(11)17-9-13(2,3)10-18(14,15)16/h5-8H,4,9-10H2,1-3H3. The van der Waals surface area contributed by atoms with Gasteiger partial charge in [-0.1, -0.05) is 39.0 Å². The van der Waals surface area contributed by atoms with E-state index in [0.29, 0.717) is 6.61 Å². The SMILES string of the molecule is CCc1ccccc1OCC(C)(C)CS(=O)(=O)Cl. The molecule has 18 heavy (non-hydrogen) atoms. The highest BCUT2D eigenvalue weighted by Gasteiger charge is 2.26. The van der Waals surface area contributed by atoms with Crippen LogP contribution in [0.5, 0.6) is 5.75 Å². The summed E-state index contributed by atoms with van der Waals surface area (Å²) < 4.78 is 27.9. The molecule has 0 atom stereocenters. The maximum atomic E-state index is 11.1. The Morgan fingerprint density at radius 3 is 2.44 bits per heavy atom. The van der Waals surface area contributed by atoms with E-state index in [1.807, 2.05) is 38.1 Å². The highest BCUT2D eigenvalue weighted by Crippen LogP contribution is 2.24. The summed E-state index contributed by atoms with van der Waals surface area (Å²) in [7, 11) is 1.76. The molecule has 1 aromatic carbocycles. The second-order valence-electron chi connectivity index (χ2n) is 5.10. The Morgan fingerprint density at radius 1 is 1.28 bits per heavy atom. The second-order valence-corrected chi connectivity index (χ2v) is 7.87. The van der Waals surface area contributed by atoms with E-state index in [0.717, 1.165) is 17.7 Å². The first-order chi connectivity index (χ1) is 8.23. The molecule has 0 aliphatic carbocycles. The Labute approximate surface area is 114 Å². The normalized spacial score (nSPS) is 12.4. The Bertz CT molecular complexity index is 495. The van der Waals surface area contributed by atoms with Gasteiger partial charge in [0.25, 0.3) is 0 Å². The van der Waals surface area contributed by atoms with E-state index < -0.39 is 14.5 Å². The predicted molar refractivity (Wildman–Crippen MR) is 74.7 cm³/mol. The van der Waals surface area contributed by atoms with E-state index in [-0.39, 0.29) is 5.75 Å². The largest absolute Gasteiger partial charge is 0.493 e. The van der Waals surface area contributed by atoms with Crippen LogP contribution in [-0.2, 0) is 15.5 Å². The van der Waals surface area contributed by atoms with Crippen LogP contribution in [0, 0.1) is 5.41 Å². The molecule has 0 aromatic heterocycles. The average Bonchev–Trinajstić information content (AvgIpc) is 2.23. The molecule has 0 bridgehead atoms. The Morgan fingerprint density at radius 2 is 1.89 bits per heavy atom. The lowest BCUT2D eigenvalue weighted by molar-refractivity contribution is 0.199. The number of rotatable bonds is 6. The molecule has 0 aliphatic heterocycles. The molecule has 0 N–H and O–H groups in total. The number of aryl methyl sites for hydroxylation is 1. The van der Waals surface area contributed by atoms with Gasteiger partial charge in [-0.3, -0.25) is 0 Å². The van der Waals surface area contributed by atoms with Gasteiger partial charge in [-0.25, -0.2) is 8.42 Å². The maximum Gasteiger partial charge on any atom is 0.233 e. The van der Waals surface area contributed by atoms with Crippen molar-refractivity contribution in [1.29, 1.82) is 0 Å². The fourth-order valence-electron chi connectivity index (χ4n) is 1.72. The monoisotopic (exact) mass is 290 g/mol. The van der Waals surface area contributed by atoms with Crippen LogP contribution < -0.4 is 4.74 Å². The highest BCUT2D eigenvalue weighted by molar-refractivity contribution is 8.13. The van der Waals surface area contributed by atoms with Gasteiger partial charge in [-0.2, -0.15) is 0 Å². The summed E-state index contributed by atoms with van der Waals surface area (Å²) >= 11 is 0. The first kappa shape index (κ1) is 15.3. The van der Waals surface area contributed by atoms with Gasteiger partial charge in [0.1, 0.15) is 5.75 Å². The zero-order chi connectivity index (χ0) is 13.8. The van der Waals surface area contributed by atoms with Crippen molar-refractivity contribution < 1.29 is 13.2 Å². The molecule has 0 amide bonds. The van der Waals surface area contributed by atoms with Gasteiger partial charge in [0, 0.05) is 16.1 Å². The summed E-state index contributed by atoms with van der Waals surface area (Å²) in [5.74, 6) is 0.704. The molecule has 0 radical (unpaired) electrons. The van der Waals surface area contributed by atoms with Gasteiger partial charge in [0.05, 0.1) is 12.4 Å². The lowest BCUT2D eigenvalue weighted by atomic mass is 9.98. The van der Waals surface area contributed by atoms with Crippen molar-refractivity contribution in [3.63, 3.8) is 0 Å². The number of ether oxygens (including phenoxy) is 1. The quantitative estimate of drug-likeness (QED) is 0.756. The van der Waals surface area contributed by atoms with Crippen LogP contribution in [0.2, 0.25) is 0 Å². The van der Waals surface area contributed by atoms with Crippen LogP contribution in [0.1, 0.15) is 26.3 Å². The summed E-state index contributed by atoms with van der Waals surface area (Å²) in [5, 5.41) is 0. The summed E-state index contributed by atoms with van der Waals surface area (Å²) in [5.41, 5.74) is 0.601. The minimum Gasteiger partial charge on any atom is -0.493 e. The number of para-hydroxylation sites is 1. The molecule has 0 saturated heterocycles. The van der Waals surface area contributed by atoms with E-state index in [9.17, 15) is 8.42 Å². The van der Waals surface area contributed by atoms with Gasteiger partial charge in [-0.15, -0.1) is 0 Å². The summed E-state index contributed by atoms with van der Waals surface area (Å²) in [6.07, 6.45) is 0.879.